The molecule has 3 nitrogen and oxygen atoms in total. The Morgan fingerprint density at radius 1 is 1.39 bits per heavy atom. The number of rotatable bonds is 5. The van der Waals surface area contributed by atoms with Crippen molar-refractivity contribution in [2.45, 2.75) is 39.3 Å². The van der Waals surface area contributed by atoms with Crippen LogP contribution in [0.25, 0.3) is 0 Å². The van der Waals surface area contributed by atoms with Gasteiger partial charge in [-0.15, -0.1) is 0 Å². The first-order chi connectivity index (χ1) is 8.24. The monoisotopic (exact) mass is 265 g/mol. The highest BCUT2D eigenvalue weighted by Gasteiger charge is 2.45. The zero-order valence-electron chi connectivity index (χ0n) is 11.0. The van der Waals surface area contributed by atoms with E-state index in [9.17, 15) is 13.2 Å². The Kier molecular flexibility index (Phi) is 4.64. The fourth-order valence-electron chi connectivity index (χ4n) is 2.65. The lowest BCUT2D eigenvalue weighted by atomic mass is 9.82. The molecule has 106 valence electrons. The van der Waals surface area contributed by atoms with Crippen molar-refractivity contribution < 1.29 is 13.2 Å². The summed E-state index contributed by atoms with van der Waals surface area (Å²) in [5.41, 5.74) is 5.22. The minimum atomic E-state index is -4.42. The van der Waals surface area contributed by atoms with Gasteiger partial charge in [-0.3, -0.25) is 5.41 Å². The van der Waals surface area contributed by atoms with Gasteiger partial charge >= 0.3 is 6.18 Å². The molecule has 0 spiro atoms. The summed E-state index contributed by atoms with van der Waals surface area (Å²) in [5.74, 6) is -2.62. The number of hydrogen-bond acceptors (Lipinski definition) is 2. The summed E-state index contributed by atoms with van der Waals surface area (Å²) in [5, 5.41) is 7.09. The molecule has 1 aliphatic heterocycles. The van der Waals surface area contributed by atoms with Gasteiger partial charge in [-0.2, -0.15) is 13.2 Å². The largest absolute Gasteiger partial charge is 0.399 e. The molecule has 1 atom stereocenters. The standard InChI is InChI=1S/C12H22F3N3/c1-3-11(4-2)5-6-18(8-11)7-9(10(16)17)12(13,14)15/h9H,3-8H2,1-2H3,(H3,16,17). The molecule has 1 fully saturated rings. The zero-order valence-corrected chi connectivity index (χ0v) is 11.0. The highest BCUT2D eigenvalue weighted by atomic mass is 19.4. The van der Waals surface area contributed by atoms with Gasteiger partial charge in [0.2, 0.25) is 0 Å². The molecule has 0 radical (unpaired) electrons. The topological polar surface area (TPSA) is 53.1 Å². The van der Waals surface area contributed by atoms with Crippen LogP contribution >= 0.6 is 0 Å². The molecule has 1 aliphatic rings. The van der Waals surface area contributed by atoms with Crippen LogP contribution in [0.1, 0.15) is 33.1 Å². The lowest BCUT2D eigenvalue weighted by Gasteiger charge is -2.28. The summed E-state index contributed by atoms with van der Waals surface area (Å²) in [6.07, 6.45) is -1.52. The number of amidine groups is 1. The second-order valence-corrected chi connectivity index (χ2v) is 5.24. The molecule has 0 aromatic carbocycles. The Morgan fingerprint density at radius 3 is 2.28 bits per heavy atom. The van der Waals surface area contributed by atoms with Gasteiger partial charge < -0.3 is 10.6 Å². The zero-order chi connectivity index (χ0) is 14.0. The van der Waals surface area contributed by atoms with Crippen LogP contribution in [0.3, 0.4) is 0 Å². The van der Waals surface area contributed by atoms with Crippen molar-refractivity contribution >= 4 is 5.84 Å². The number of likely N-dealkylation sites (tertiary alicyclic amines) is 1. The highest BCUT2D eigenvalue weighted by Crippen LogP contribution is 2.38. The van der Waals surface area contributed by atoms with Crippen LogP contribution < -0.4 is 5.73 Å². The van der Waals surface area contributed by atoms with Gasteiger partial charge in [0.1, 0.15) is 11.8 Å². The third kappa shape index (κ3) is 3.37. The van der Waals surface area contributed by atoms with Crippen LogP contribution in [0.15, 0.2) is 0 Å². The fraction of sp³-hybridized carbons (Fsp3) is 0.917. The predicted molar refractivity (Wildman–Crippen MR) is 65.5 cm³/mol. The Hall–Kier alpha value is -0.780. The normalized spacial score (nSPS) is 22.1. The van der Waals surface area contributed by atoms with Crippen molar-refractivity contribution in [3.8, 4) is 0 Å². The van der Waals surface area contributed by atoms with E-state index in [0.717, 1.165) is 19.3 Å². The van der Waals surface area contributed by atoms with Gasteiger partial charge in [0.05, 0.1) is 0 Å². The molecule has 6 heteroatoms. The van der Waals surface area contributed by atoms with Crippen molar-refractivity contribution in [3.63, 3.8) is 0 Å². The van der Waals surface area contributed by atoms with E-state index in [0.29, 0.717) is 13.1 Å². The maximum atomic E-state index is 12.7. The van der Waals surface area contributed by atoms with E-state index < -0.39 is 17.9 Å². The van der Waals surface area contributed by atoms with E-state index in [4.69, 9.17) is 11.1 Å². The number of alkyl halides is 3. The van der Waals surface area contributed by atoms with Crippen molar-refractivity contribution in [1.82, 2.24) is 4.90 Å². The molecule has 1 unspecified atom stereocenters. The molecule has 3 N–H and O–H groups in total. The van der Waals surface area contributed by atoms with Crippen molar-refractivity contribution in [2.75, 3.05) is 19.6 Å². The quantitative estimate of drug-likeness (QED) is 0.593. The van der Waals surface area contributed by atoms with Crippen LogP contribution in [0.5, 0.6) is 0 Å². The van der Waals surface area contributed by atoms with Gasteiger partial charge in [-0.25, -0.2) is 0 Å². The minimum absolute atomic E-state index is 0.146. The van der Waals surface area contributed by atoms with Gasteiger partial charge in [-0.05, 0) is 31.2 Å². The van der Waals surface area contributed by atoms with E-state index in [1.807, 2.05) is 0 Å². The maximum Gasteiger partial charge on any atom is 0.399 e. The number of nitrogens with two attached hydrogens (primary N) is 1. The van der Waals surface area contributed by atoms with E-state index >= 15 is 0 Å². The van der Waals surface area contributed by atoms with Crippen LogP contribution in [-0.4, -0.2) is 36.5 Å². The summed E-state index contributed by atoms with van der Waals surface area (Å²) < 4.78 is 38.2. The number of nitrogens with one attached hydrogen (secondary N) is 1. The van der Waals surface area contributed by atoms with E-state index in [1.54, 1.807) is 4.90 Å². The van der Waals surface area contributed by atoms with Crippen LogP contribution in [0.4, 0.5) is 13.2 Å². The van der Waals surface area contributed by atoms with Gasteiger partial charge in [0.25, 0.3) is 0 Å². The van der Waals surface area contributed by atoms with Crippen LogP contribution in [0.2, 0.25) is 0 Å². The molecule has 0 bridgehead atoms. The first kappa shape index (κ1) is 15.3. The summed E-state index contributed by atoms with van der Waals surface area (Å²) in [4.78, 5) is 1.80. The van der Waals surface area contributed by atoms with E-state index in [-0.39, 0.29) is 12.0 Å². The van der Waals surface area contributed by atoms with Crippen LogP contribution in [0, 0.1) is 16.7 Å². The highest BCUT2D eigenvalue weighted by molar-refractivity contribution is 5.80. The summed E-state index contributed by atoms with van der Waals surface area (Å²) in [6.45, 7) is 5.33. The average Bonchev–Trinajstić information content (AvgIpc) is 2.68. The number of nitrogens with zero attached hydrogens (tertiary/aromatic N) is 1. The lowest BCUT2D eigenvalue weighted by molar-refractivity contribution is -0.159. The summed E-state index contributed by atoms with van der Waals surface area (Å²) in [7, 11) is 0. The fourth-order valence-corrected chi connectivity index (χ4v) is 2.65. The van der Waals surface area contributed by atoms with E-state index in [2.05, 4.69) is 13.8 Å². The third-order valence-electron chi connectivity index (χ3n) is 4.23. The Labute approximate surface area is 106 Å². The Morgan fingerprint density at radius 2 is 1.94 bits per heavy atom. The second-order valence-electron chi connectivity index (χ2n) is 5.24. The molecule has 18 heavy (non-hydrogen) atoms. The average molecular weight is 265 g/mol. The predicted octanol–water partition coefficient (Wildman–Crippen LogP) is 2.61. The van der Waals surface area contributed by atoms with Gasteiger partial charge in [0, 0.05) is 13.1 Å². The van der Waals surface area contributed by atoms with Crippen molar-refractivity contribution in [3.05, 3.63) is 0 Å². The summed E-state index contributed by atoms with van der Waals surface area (Å²) >= 11 is 0. The molecule has 0 aromatic heterocycles. The molecule has 0 aliphatic carbocycles. The summed E-state index contributed by atoms with van der Waals surface area (Å²) in [6, 6.07) is 0. The van der Waals surface area contributed by atoms with E-state index in [1.165, 1.54) is 0 Å². The van der Waals surface area contributed by atoms with Crippen molar-refractivity contribution in [1.29, 1.82) is 5.41 Å². The first-order valence-corrected chi connectivity index (χ1v) is 6.37. The second kappa shape index (κ2) is 5.47. The molecular formula is C12H22F3N3. The Bertz CT molecular complexity index is 297. The molecule has 1 rings (SSSR count). The molecule has 0 amide bonds. The first-order valence-electron chi connectivity index (χ1n) is 6.37. The molecule has 1 saturated heterocycles. The number of halogens is 3. The SMILES string of the molecule is CCC1(CC)CCN(CC(C(=N)N)C(F)(F)F)C1. The molecule has 1 heterocycles. The van der Waals surface area contributed by atoms with Gasteiger partial charge in [0.15, 0.2) is 0 Å². The molecular weight excluding hydrogens is 243 g/mol. The molecule has 0 saturated carbocycles. The maximum absolute atomic E-state index is 12.7. The van der Waals surface area contributed by atoms with Crippen molar-refractivity contribution in [2.24, 2.45) is 17.1 Å². The molecule has 0 aromatic rings. The third-order valence-corrected chi connectivity index (χ3v) is 4.23. The Balaban J connectivity index is 2.66. The van der Waals surface area contributed by atoms with Crippen LogP contribution in [-0.2, 0) is 0 Å². The smallest absolute Gasteiger partial charge is 0.387 e. The van der Waals surface area contributed by atoms with Gasteiger partial charge in [-0.1, -0.05) is 13.8 Å². The lowest BCUT2D eigenvalue weighted by Crippen LogP contribution is -2.43. The number of hydrogen-bond donors (Lipinski definition) is 2. The minimum Gasteiger partial charge on any atom is -0.387 e.